The van der Waals surface area contributed by atoms with Crippen LogP contribution in [0.2, 0.25) is 0 Å². The van der Waals surface area contributed by atoms with Crippen LogP contribution in [0.5, 0.6) is 0 Å². The van der Waals surface area contributed by atoms with Gasteiger partial charge in [-0.3, -0.25) is 4.98 Å². The fourth-order valence-electron chi connectivity index (χ4n) is 5.88. The first-order chi connectivity index (χ1) is 16.5. The summed E-state index contributed by atoms with van der Waals surface area (Å²) in [6.45, 7) is 5.21. The molecule has 0 amide bonds. The molecule has 34 heavy (non-hydrogen) atoms. The Morgan fingerprint density at radius 2 is 1.74 bits per heavy atom. The van der Waals surface area contributed by atoms with Gasteiger partial charge in [0.2, 0.25) is 0 Å². The fourth-order valence-corrected chi connectivity index (χ4v) is 5.88. The van der Waals surface area contributed by atoms with Crippen LogP contribution < -0.4 is 0 Å². The van der Waals surface area contributed by atoms with Crippen molar-refractivity contribution in [2.45, 2.75) is 50.0 Å². The Morgan fingerprint density at radius 1 is 1.00 bits per heavy atom. The third-order valence-electron chi connectivity index (χ3n) is 7.92. The molecule has 3 aromatic rings. The molecule has 0 unspecified atom stereocenters. The van der Waals surface area contributed by atoms with Crippen molar-refractivity contribution >= 4 is 0 Å². The quantitative estimate of drug-likeness (QED) is 0.593. The molecule has 1 aliphatic carbocycles. The topological polar surface area (TPSA) is 84.5 Å². The van der Waals surface area contributed by atoms with Gasteiger partial charge in [-0.25, -0.2) is 0 Å². The Kier molecular flexibility index (Phi) is 5.32. The van der Waals surface area contributed by atoms with Gasteiger partial charge in [-0.2, -0.15) is 4.98 Å². The van der Waals surface area contributed by atoms with E-state index in [4.69, 9.17) is 9.26 Å². The van der Waals surface area contributed by atoms with Gasteiger partial charge < -0.3 is 19.3 Å². The number of aromatic nitrogens is 3. The summed E-state index contributed by atoms with van der Waals surface area (Å²) in [6.07, 6.45) is 7.84. The molecular weight excluding hydrogens is 428 g/mol. The van der Waals surface area contributed by atoms with Crippen LogP contribution in [0.1, 0.15) is 67.0 Å². The lowest BCUT2D eigenvalue weighted by Gasteiger charge is -2.55. The van der Waals surface area contributed by atoms with Crippen molar-refractivity contribution in [3.05, 3.63) is 65.2 Å². The van der Waals surface area contributed by atoms with Gasteiger partial charge in [0.1, 0.15) is 5.60 Å². The molecule has 1 atom stereocenters. The molecule has 0 bridgehead atoms. The second-order valence-electron chi connectivity index (χ2n) is 10.6. The van der Waals surface area contributed by atoms with Crippen LogP contribution >= 0.6 is 0 Å². The van der Waals surface area contributed by atoms with E-state index in [0.717, 1.165) is 61.7 Å². The van der Waals surface area contributed by atoms with E-state index in [9.17, 15) is 5.11 Å². The van der Waals surface area contributed by atoms with E-state index in [1.165, 1.54) is 18.4 Å². The number of rotatable bonds is 6. The van der Waals surface area contributed by atoms with E-state index in [2.05, 4.69) is 58.3 Å². The van der Waals surface area contributed by atoms with Crippen LogP contribution in [0.3, 0.4) is 0 Å². The first-order valence-corrected chi connectivity index (χ1v) is 12.3. The van der Waals surface area contributed by atoms with E-state index in [1.54, 1.807) is 12.4 Å². The van der Waals surface area contributed by atoms with Crippen molar-refractivity contribution < 1.29 is 14.4 Å². The summed E-state index contributed by atoms with van der Waals surface area (Å²) in [7, 11) is 2.09. The lowest BCUT2D eigenvalue weighted by molar-refractivity contribution is -0.127. The molecule has 0 spiro atoms. The minimum Gasteiger partial charge on any atom is -0.381 e. The van der Waals surface area contributed by atoms with Crippen molar-refractivity contribution in [2.24, 2.45) is 5.41 Å². The van der Waals surface area contributed by atoms with E-state index in [-0.39, 0.29) is 11.3 Å². The smallest absolute Gasteiger partial charge is 0.259 e. The van der Waals surface area contributed by atoms with E-state index < -0.39 is 5.60 Å². The molecule has 178 valence electrons. The lowest BCUT2D eigenvalue weighted by Crippen LogP contribution is -2.63. The molecular formula is C27H32N4O3. The molecule has 0 radical (unpaired) electrons. The normalized spacial score (nSPS) is 22.8. The number of hydrogen-bond donors (Lipinski definition) is 1. The van der Waals surface area contributed by atoms with Gasteiger partial charge in [0.25, 0.3) is 5.89 Å². The largest absolute Gasteiger partial charge is 0.381 e. The second kappa shape index (κ2) is 8.26. The Labute approximate surface area is 200 Å². The number of ether oxygens (including phenoxy) is 1. The molecule has 3 aliphatic rings. The Morgan fingerprint density at radius 3 is 2.41 bits per heavy atom. The van der Waals surface area contributed by atoms with Crippen LogP contribution in [-0.4, -0.2) is 58.5 Å². The molecule has 1 N–H and O–H groups in total. The molecule has 4 heterocycles. The highest BCUT2D eigenvalue weighted by molar-refractivity contribution is 5.55. The SMILES string of the molecule is CN1CC(C)([C@](O)(c2ccc(C3CC3)cc2)c2cncc(-c3nc(C4CCOCC4)no3)c2)C1. The third-order valence-corrected chi connectivity index (χ3v) is 7.92. The summed E-state index contributed by atoms with van der Waals surface area (Å²) < 4.78 is 11.1. The summed E-state index contributed by atoms with van der Waals surface area (Å²) >= 11 is 0. The molecule has 3 fully saturated rings. The van der Waals surface area contributed by atoms with Crippen LogP contribution in [0, 0.1) is 5.41 Å². The average Bonchev–Trinajstić information content (AvgIpc) is 3.59. The molecule has 2 aliphatic heterocycles. The maximum Gasteiger partial charge on any atom is 0.259 e. The van der Waals surface area contributed by atoms with Crippen LogP contribution in [0.15, 0.2) is 47.2 Å². The number of aliphatic hydroxyl groups is 1. The van der Waals surface area contributed by atoms with Crippen molar-refractivity contribution in [1.29, 1.82) is 0 Å². The van der Waals surface area contributed by atoms with Gasteiger partial charge >= 0.3 is 0 Å². The Balaban J connectivity index is 1.37. The molecule has 7 heteroatoms. The zero-order valence-electron chi connectivity index (χ0n) is 19.9. The third kappa shape index (κ3) is 3.67. The van der Waals surface area contributed by atoms with Gasteiger partial charge in [-0.15, -0.1) is 0 Å². The van der Waals surface area contributed by atoms with E-state index in [0.29, 0.717) is 11.8 Å². The highest BCUT2D eigenvalue weighted by Crippen LogP contribution is 2.51. The van der Waals surface area contributed by atoms with Crippen molar-refractivity contribution in [2.75, 3.05) is 33.4 Å². The Hall–Kier alpha value is -2.61. The van der Waals surface area contributed by atoms with Gasteiger partial charge in [-0.05, 0) is 55.8 Å². The maximum absolute atomic E-state index is 12.4. The summed E-state index contributed by atoms with van der Waals surface area (Å²) in [5.74, 6) is 2.11. The summed E-state index contributed by atoms with van der Waals surface area (Å²) in [4.78, 5) is 11.4. The number of pyridine rings is 1. The molecule has 1 aromatic carbocycles. The molecule has 1 saturated carbocycles. The van der Waals surface area contributed by atoms with Crippen LogP contribution in [-0.2, 0) is 10.3 Å². The summed E-state index contributed by atoms with van der Waals surface area (Å²) in [5, 5.41) is 16.7. The highest BCUT2D eigenvalue weighted by atomic mass is 16.5. The zero-order chi connectivity index (χ0) is 23.3. The number of benzene rings is 1. The van der Waals surface area contributed by atoms with Crippen LogP contribution in [0.25, 0.3) is 11.5 Å². The van der Waals surface area contributed by atoms with Crippen molar-refractivity contribution in [3.63, 3.8) is 0 Å². The van der Waals surface area contributed by atoms with E-state index >= 15 is 0 Å². The van der Waals surface area contributed by atoms with Crippen molar-refractivity contribution in [1.82, 2.24) is 20.0 Å². The number of likely N-dealkylation sites (tertiary alicyclic amines) is 1. The Bertz CT molecular complexity index is 1160. The molecule has 2 aromatic heterocycles. The first kappa shape index (κ1) is 21.9. The van der Waals surface area contributed by atoms with Gasteiger partial charge in [0.05, 0.1) is 5.56 Å². The standard InChI is InChI=1S/C27H32N4O3/c1-26(16-31(2)17-26)27(32,22-7-5-19(6-8-22)18-3-4-18)23-13-21(14-28-15-23)25-29-24(30-34-25)20-9-11-33-12-10-20/h5-8,13-15,18,20,32H,3-4,9-12,16-17H2,1-2H3/t27-/m0/s1. The predicted octanol–water partition coefficient (Wildman–Crippen LogP) is 4.09. The van der Waals surface area contributed by atoms with E-state index in [1.807, 2.05) is 6.07 Å². The predicted molar refractivity (Wildman–Crippen MR) is 127 cm³/mol. The minimum absolute atomic E-state index is 0.258. The fraction of sp³-hybridized carbons (Fsp3) is 0.519. The molecule has 2 saturated heterocycles. The molecule has 7 nitrogen and oxygen atoms in total. The maximum atomic E-state index is 12.4. The van der Waals surface area contributed by atoms with Crippen molar-refractivity contribution in [3.8, 4) is 11.5 Å². The van der Waals surface area contributed by atoms with Gasteiger partial charge in [-0.1, -0.05) is 36.3 Å². The summed E-state index contributed by atoms with van der Waals surface area (Å²) in [6, 6.07) is 10.5. The number of nitrogens with zero attached hydrogens (tertiary/aromatic N) is 4. The zero-order valence-corrected chi connectivity index (χ0v) is 19.9. The van der Waals surface area contributed by atoms with Gasteiger partial charge in [0, 0.05) is 55.6 Å². The lowest BCUT2D eigenvalue weighted by atomic mass is 9.62. The monoisotopic (exact) mass is 460 g/mol. The molecule has 6 rings (SSSR count). The van der Waals surface area contributed by atoms with Gasteiger partial charge in [0.15, 0.2) is 5.82 Å². The first-order valence-electron chi connectivity index (χ1n) is 12.3. The average molecular weight is 461 g/mol. The number of hydrogen-bond acceptors (Lipinski definition) is 7. The van der Waals surface area contributed by atoms with Crippen LogP contribution in [0.4, 0.5) is 0 Å². The second-order valence-corrected chi connectivity index (χ2v) is 10.6. The summed E-state index contributed by atoms with van der Waals surface area (Å²) in [5.41, 5.74) is 2.22. The highest BCUT2D eigenvalue weighted by Gasteiger charge is 2.55. The minimum atomic E-state index is -1.19.